The van der Waals surface area contributed by atoms with Gasteiger partial charge in [0.15, 0.2) is 0 Å². The first kappa shape index (κ1) is 21.6. The number of rotatable bonds is 8. The highest BCUT2D eigenvalue weighted by Crippen LogP contribution is 2.28. The number of hydrogen-bond acceptors (Lipinski definition) is 5. The van der Waals surface area contributed by atoms with Crippen LogP contribution < -0.4 is 19.5 Å². The lowest BCUT2D eigenvalue weighted by molar-refractivity contribution is 0.0940. The summed E-state index contributed by atoms with van der Waals surface area (Å²) in [6, 6.07) is 21.1. The Balaban J connectivity index is 1.76. The molecule has 0 radical (unpaired) electrons. The van der Waals surface area contributed by atoms with Crippen molar-refractivity contribution in [3.8, 4) is 11.5 Å². The molecule has 3 aromatic rings. The fraction of sp³-hybridized carbons (Fsp3) is 0.208. The normalized spacial score (nSPS) is 11.5. The minimum absolute atomic E-state index is 0.160. The fourth-order valence-corrected chi connectivity index (χ4v) is 3.58. The van der Waals surface area contributed by atoms with Gasteiger partial charge in [-0.15, -0.1) is 0 Å². The quantitative estimate of drug-likeness (QED) is 0.461. The second-order valence-corrected chi connectivity index (χ2v) is 7.78. The van der Waals surface area contributed by atoms with Crippen molar-refractivity contribution in [2.75, 3.05) is 18.9 Å². The van der Waals surface area contributed by atoms with Crippen molar-refractivity contribution in [3.63, 3.8) is 0 Å². The molecule has 2 N–H and O–H groups in total. The van der Waals surface area contributed by atoms with Crippen LogP contribution in [-0.2, 0) is 0 Å². The molecule has 0 saturated heterocycles. The van der Waals surface area contributed by atoms with E-state index < -0.39 is 0 Å². The topological polar surface area (TPSA) is 59.6 Å². The van der Waals surface area contributed by atoms with Crippen molar-refractivity contribution in [2.45, 2.75) is 24.8 Å². The Hall–Kier alpha value is -3.12. The van der Waals surface area contributed by atoms with E-state index >= 15 is 0 Å². The molecule has 0 fully saturated rings. The Labute approximate surface area is 181 Å². The van der Waals surface area contributed by atoms with Crippen LogP contribution >= 0.6 is 11.9 Å². The summed E-state index contributed by atoms with van der Waals surface area (Å²) in [5, 5.41) is 3.06. The number of carbonyl (C=O) groups excluding carboxylic acids is 1. The van der Waals surface area contributed by atoms with Gasteiger partial charge >= 0.3 is 0 Å². The molecule has 1 unspecified atom stereocenters. The molecule has 30 heavy (non-hydrogen) atoms. The first-order valence-electron chi connectivity index (χ1n) is 9.62. The third-order valence-corrected chi connectivity index (χ3v) is 5.56. The zero-order valence-electron chi connectivity index (χ0n) is 17.6. The molecule has 3 rings (SSSR count). The Bertz CT molecular complexity index is 988. The SMILES string of the molecule is COc1ccc(C(C)NC(=O)c2cc(OC)ccc2NSc2ccc(C)cc2)cc1. The monoisotopic (exact) mass is 422 g/mol. The van der Waals surface area contributed by atoms with E-state index in [4.69, 9.17) is 9.47 Å². The molecule has 0 spiro atoms. The third kappa shape index (κ3) is 5.48. The van der Waals surface area contributed by atoms with Gasteiger partial charge in [-0.1, -0.05) is 29.8 Å². The van der Waals surface area contributed by atoms with E-state index in [9.17, 15) is 4.79 Å². The maximum Gasteiger partial charge on any atom is 0.254 e. The average Bonchev–Trinajstić information content (AvgIpc) is 2.78. The van der Waals surface area contributed by atoms with Crippen molar-refractivity contribution >= 4 is 23.5 Å². The summed E-state index contributed by atoms with van der Waals surface area (Å²) in [6.07, 6.45) is 0. The van der Waals surface area contributed by atoms with Crippen LogP contribution in [0, 0.1) is 6.92 Å². The van der Waals surface area contributed by atoms with Crippen molar-refractivity contribution < 1.29 is 14.3 Å². The maximum atomic E-state index is 13.1. The Kier molecular flexibility index (Phi) is 7.25. The number of anilines is 1. The average molecular weight is 423 g/mol. The smallest absolute Gasteiger partial charge is 0.254 e. The van der Waals surface area contributed by atoms with Crippen LogP contribution in [0.4, 0.5) is 5.69 Å². The number of carbonyl (C=O) groups is 1. The second kappa shape index (κ2) is 10.1. The van der Waals surface area contributed by atoms with Gasteiger partial charge in [-0.25, -0.2) is 0 Å². The molecule has 0 aliphatic heterocycles. The minimum Gasteiger partial charge on any atom is -0.497 e. The summed E-state index contributed by atoms with van der Waals surface area (Å²) in [5.74, 6) is 1.23. The molecule has 1 atom stereocenters. The zero-order valence-corrected chi connectivity index (χ0v) is 18.4. The highest BCUT2D eigenvalue weighted by Gasteiger charge is 2.16. The van der Waals surface area contributed by atoms with Gasteiger partial charge in [0.2, 0.25) is 0 Å². The number of hydrogen-bond donors (Lipinski definition) is 2. The summed E-state index contributed by atoms with van der Waals surface area (Å²) in [7, 11) is 3.22. The molecule has 0 heterocycles. The highest BCUT2D eigenvalue weighted by atomic mass is 32.2. The molecule has 0 saturated carbocycles. The summed E-state index contributed by atoms with van der Waals surface area (Å²) in [4.78, 5) is 14.1. The lowest BCUT2D eigenvalue weighted by Gasteiger charge is -2.17. The van der Waals surface area contributed by atoms with Crippen molar-refractivity contribution in [1.29, 1.82) is 0 Å². The molecule has 0 bridgehead atoms. The molecule has 3 aromatic carbocycles. The van der Waals surface area contributed by atoms with E-state index in [0.717, 1.165) is 21.9 Å². The number of nitrogens with one attached hydrogen (secondary N) is 2. The van der Waals surface area contributed by atoms with Gasteiger partial charge in [-0.05, 0) is 73.8 Å². The number of aryl methyl sites for hydroxylation is 1. The first-order valence-corrected chi connectivity index (χ1v) is 10.4. The summed E-state index contributed by atoms with van der Waals surface area (Å²) in [5.41, 5.74) is 3.45. The van der Waals surface area contributed by atoms with Crippen LogP contribution in [0.25, 0.3) is 0 Å². The van der Waals surface area contributed by atoms with Crippen LogP contribution in [0.3, 0.4) is 0 Å². The molecular weight excluding hydrogens is 396 g/mol. The van der Waals surface area contributed by atoms with Gasteiger partial charge in [0.25, 0.3) is 5.91 Å². The first-order chi connectivity index (χ1) is 14.5. The molecule has 5 nitrogen and oxygen atoms in total. The van der Waals surface area contributed by atoms with Crippen molar-refractivity contribution in [3.05, 3.63) is 83.4 Å². The van der Waals surface area contributed by atoms with Crippen LogP contribution in [-0.4, -0.2) is 20.1 Å². The van der Waals surface area contributed by atoms with Gasteiger partial charge in [-0.2, -0.15) is 0 Å². The van der Waals surface area contributed by atoms with E-state index in [1.165, 1.54) is 17.5 Å². The van der Waals surface area contributed by atoms with E-state index in [-0.39, 0.29) is 11.9 Å². The summed E-state index contributed by atoms with van der Waals surface area (Å²) in [6.45, 7) is 4.01. The predicted octanol–water partition coefficient (Wildman–Crippen LogP) is 5.62. The van der Waals surface area contributed by atoms with Gasteiger partial charge < -0.3 is 19.5 Å². The molecule has 0 aromatic heterocycles. The van der Waals surface area contributed by atoms with Crippen LogP contribution in [0.5, 0.6) is 11.5 Å². The maximum absolute atomic E-state index is 13.1. The van der Waals surface area contributed by atoms with Gasteiger partial charge in [-0.3, -0.25) is 4.79 Å². The lowest BCUT2D eigenvalue weighted by Crippen LogP contribution is -2.27. The zero-order chi connectivity index (χ0) is 21.5. The molecule has 156 valence electrons. The van der Waals surface area contributed by atoms with Crippen molar-refractivity contribution in [2.24, 2.45) is 0 Å². The Morgan fingerprint density at radius 2 is 1.53 bits per heavy atom. The lowest BCUT2D eigenvalue weighted by atomic mass is 10.1. The number of benzene rings is 3. The van der Waals surface area contributed by atoms with Crippen LogP contribution in [0.2, 0.25) is 0 Å². The third-order valence-electron chi connectivity index (χ3n) is 4.73. The van der Waals surface area contributed by atoms with E-state index in [0.29, 0.717) is 11.3 Å². The van der Waals surface area contributed by atoms with Gasteiger partial charge in [0, 0.05) is 4.90 Å². The molecular formula is C24H26N2O3S. The molecule has 1 amide bonds. The van der Waals surface area contributed by atoms with Crippen LogP contribution in [0.15, 0.2) is 71.6 Å². The molecule has 0 aliphatic carbocycles. The van der Waals surface area contributed by atoms with E-state index in [1.54, 1.807) is 20.3 Å². The number of amides is 1. The predicted molar refractivity (Wildman–Crippen MR) is 123 cm³/mol. The summed E-state index contributed by atoms with van der Waals surface area (Å²) < 4.78 is 13.8. The number of methoxy groups -OCH3 is 2. The van der Waals surface area contributed by atoms with Crippen LogP contribution in [0.1, 0.15) is 34.5 Å². The minimum atomic E-state index is -0.177. The summed E-state index contributed by atoms with van der Waals surface area (Å²) >= 11 is 1.46. The Morgan fingerprint density at radius 3 is 2.17 bits per heavy atom. The van der Waals surface area contributed by atoms with E-state index in [2.05, 4.69) is 29.1 Å². The second-order valence-electron chi connectivity index (χ2n) is 6.90. The molecule has 0 aliphatic rings. The van der Waals surface area contributed by atoms with Gasteiger partial charge in [0.1, 0.15) is 11.5 Å². The standard InChI is InChI=1S/C24H26N2O3S/c1-16-5-12-21(13-6-16)30-26-23-14-11-20(29-4)15-22(23)24(27)25-17(2)18-7-9-19(28-3)10-8-18/h5-15,17,26H,1-4H3,(H,25,27). The highest BCUT2D eigenvalue weighted by molar-refractivity contribution is 8.00. The fourth-order valence-electron chi connectivity index (χ4n) is 2.90. The number of ether oxygens (including phenoxy) is 2. The molecule has 6 heteroatoms. The van der Waals surface area contributed by atoms with Gasteiger partial charge in [0.05, 0.1) is 31.5 Å². The Morgan fingerprint density at radius 1 is 0.900 bits per heavy atom. The van der Waals surface area contributed by atoms with E-state index in [1.807, 2.05) is 55.5 Å². The largest absolute Gasteiger partial charge is 0.497 e. The van der Waals surface area contributed by atoms with Crippen molar-refractivity contribution in [1.82, 2.24) is 5.32 Å².